The molecule has 1 amide bonds. The highest BCUT2D eigenvalue weighted by Gasteiger charge is 2.16. The highest BCUT2D eigenvalue weighted by atomic mass is 16.1. The molecule has 1 aliphatic rings. The summed E-state index contributed by atoms with van der Waals surface area (Å²) in [6.07, 6.45) is 6.17. The van der Waals surface area contributed by atoms with Crippen LogP contribution in [0.15, 0.2) is 6.20 Å². The molecule has 2 N–H and O–H groups in total. The summed E-state index contributed by atoms with van der Waals surface area (Å²) in [5.41, 5.74) is 1.59. The van der Waals surface area contributed by atoms with Gasteiger partial charge in [0.15, 0.2) is 0 Å². The third-order valence-electron chi connectivity index (χ3n) is 3.72. The molecule has 2 rings (SSSR count). The first kappa shape index (κ1) is 14.1. The van der Waals surface area contributed by atoms with Gasteiger partial charge in [-0.2, -0.15) is 5.10 Å². The lowest BCUT2D eigenvalue weighted by atomic mass is 9.96. The number of amides is 1. The van der Waals surface area contributed by atoms with Gasteiger partial charge >= 0.3 is 0 Å². The molecule has 1 saturated heterocycles. The van der Waals surface area contributed by atoms with Crippen molar-refractivity contribution in [2.24, 2.45) is 13.0 Å². The van der Waals surface area contributed by atoms with E-state index < -0.39 is 0 Å². The lowest BCUT2D eigenvalue weighted by molar-refractivity contribution is 0.0949. The van der Waals surface area contributed by atoms with Crippen molar-refractivity contribution in [3.63, 3.8) is 0 Å². The second-order valence-corrected chi connectivity index (χ2v) is 5.27. The predicted molar refractivity (Wildman–Crippen MR) is 75.1 cm³/mol. The zero-order chi connectivity index (χ0) is 13.7. The maximum absolute atomic E-state index is 12.1. The standard InChI is InChI=1S/C14H24N4O/c1-3-13-12(10-18(2)17-13)14(19)16-8-6-11-5-4-7-15-9-11/h10-11,15H,3-9H2,1-2H3,(H,16,19). The van der Waals surface area contributed by atoms with Crippen LogP contribution in [0, 0.1) is 5.92 Å². The molecule has 5 nitrogen and oxygen atoms in total. The maximum atomic E-state index is 12.1. The first-order chi connectivity index (χ1) is 9.20. The van der Waals surface area contributed by atoms with E-state index in [2.05, 4.69) is 15.7 Å². The lowest BCUT2D eigenvalue weighted by Gasteiger charge is -2.22. The second-order valence-electron chi connectivity index (χ2n) is 5.27. The Balaban J connectivity index is 1.80. The summed E-state index contributed by atoms with van der Waals surface area (Å²) in [6, 6.07) is 0. The smallest absolute Gasteiger partial charge is 0.254 e. The van der Waals surface area contributed by atoms with Crippen LogP contribution in [-0.2, 0) is 13.5 Å². The van der Waals surface area contributed by atoms with Gasteiger partial charge in [0, 0.05) is 19.8 Å². The molecule has 1 unspecified atom stereocenters. The Bertz CT molecular complexity index is 421. The predicted octanol–water partition coefficient (Wildman–Crippen LogP) is 1.10. The van der Waals surface area contributed by atoms with Crippen LogP contribution in [-0.4, -0.2) is 35.3 Å². The number of hydrogen-bond donors (Lipinski definition) is 2. The van der Waals surface area contributed by atoms with Crippen molar-refractivity contribution in [1.29, 1.82) is 0 Å². The zero-order valence-corrected chi connectivity index (χ0v) is 11.9. The molecular weight excluding hydrogens is 240 g/mol. The van der Waals surface area contributed by atoms with Gasteiger partial charge in [0.25, 0.3) is 5.91 Å². The molecule has 1 aliphatic heterocycles. The van der Waals surface area contributed by atoms with E-state index >= 15 is 0 Å². The first-order valence-electron chi connectivity index (χ1n) is 7.22. The van der Waals surface area contributed by atoms with E-state index in [-0.39, 0.29) is 5.91 Å². The third kappa shape index (κ3) is 3.80. The number of nitrogens with one attached hydrogen (secondary N) is 2. The number of aromatic nitrogens is 2. The van der Waals surface area contributed by atoms with Gasteiger partial charge < -0.3 is 10.6 Å². The van der Waals surface area contributed by atoms with Crippen molar-refractivity contribution in [2.75, 3.05) is 19.6 Å². The van der Waals surface area contributed by atoms with E-state index in [0.717, 1.165) is 38.2 Å². The van der Waals surface area contributed by atoms with Crippen molar-refractivity contribution < 1.29 is 4.79 Å². The summed E-state index contributed by atoms with van der Waals surface area (Å²) in [5.74, 6) is 0.710. The van der Waals surface area contributed by atoms with Gasteiger partial charge in [-0.3, -0.25) is 9.48 Å². The average molecular weight is 264 g/mol. The van der Waals surface area contributed by atoms with Gasteiger partial charge in [-0.25, -0.2) is 0 Å². The van der Waals surface area contributed by atoms with Crippen molar-refractivity contribution in [2.45, 2.75) is 32.6 Å². The Labute approximate surface area is 114 Å². The highest BCUT2D eigenvalue weighted by Crippen LogP contribution is 2.13. The summed E-state index contributed by atoms with van der Waals surface area (Å²) < 4.78 is 1.71. The Hall–Kier alpha value is -1.36. The molecule has 106 valence electrons. The SMILES string of the molecule is CCc1nn(C)cc1C(=O)NCCC1CCCNC1. The second kappa shape index (κ2) is 6.70. The van der Waals surface area contributed by atoms with E-state index in [1.54, 1.807) is 10.9 Å². The highest BCUT2D eigenvalue weighted by molar-refractivity contribution is 5.95. The molecule has 0 bridgehead atoms. The Morgan fingerprint density at radius 3 is 3.16 bits per heavy atom. The van der Waals surface area contributed by atoms with E-state index in [0.29, 0.717) is 11.5 Å². The summed E-state index contributed by atoms with van der Waals surface area (Å²) in [6.45, 7) is 5.00. The molecular formula is C14H24N4O. The average Bonchev–Trinajstić information content (AvgIpc) is 2.81. The quantitative estimate of drug-likeness (QED) is 0.837. The molecule has 1 fully saturated rings. The molecule has 0 saturated carbocycles. The van der Waals surface area contributed by atoms with Gasteiger partial charge in [-0.05, 0) is 44.7 Å². The summed E-state index contributed by atoms with van der Waals surface area (Å²) >= 11 is 0. The topological polar surface area (TPSA) is 59.0 Å². The molecule has 0 aromatic carbocycles. The number of hydrogen-bond acceptors (Lipinski definition) is 3. The Kier molecular flexibility index (Phi) is 4.96. The molecule has 0 aliphatic carbocycles. The minimum Gasteiger partial charge on any atom is -0.352 e. The summed E-state index contributed by atoms with van der Waals surface area (Å²) in [4.78, 5) is 12.1. The maximum Gasteiger partial charge on any atom is 0.254 e. The van der Waals surface area contributed by atoms with Crippen molar-refractivity contribution in [3.8, 4) is 0 Å². The normalized spacial score (nSPS) is 19.4. The van der Waals surface area contributed by atoms with Crippen LogP contribution in [0.1, 0.15) is 42.2 Å². The number of carbonyl (C=O) groups is 1. The van der Waals surface area contributed by atoms with Crippen LogP contribution < -0.4 is 10.6 Å². The van der Waals surface area contributed by atoms with Crippen LogP contribution in [0.3, 0.4) is 0 Å². The van der Waals surface area contributed by atoms with Crippen molar-refractivity contribution in [3.05, 3.63) is 17.5 Å². The molecule has 0 radical (unpaired) electrons. The largest absolute Gasteiger partial charge is 0.352 e. The fourth-order valence-electron chi connectivity index (χ4n) is 2.64. The molecule has 2 heterocycles. The minimum absolute atomic E-state index is 0.00807. The fraction of sp³-hybridized carbons (Fsp3) is 0.714. The Morgan fingerprint density at radius 1 is 1.63 bits per heavy atom. The fourth-order valence-corrected chi connectivity index (χ4v) is 2.64. The summed E-state index contributed by atoms with van der Waals surface area (Å²) in [7, 11) is 1.85. The van der Waals surface area contributed by atoms with Crippen LogP contribution in [0.4, 0.5) is 0 Å². The summed E-state index contributed by atoms with van der Waals surface area (Å²) in [5, 5.41) is 10.7. The van der Waals surface area contributed by atoms with Gasteiger partial charge in [-0.15, -0.1) is 0 Å². The number of piperidine rings is 1. The minimum atomic E-state index is 0.00807. The first-order valence-corrected chi connectivity index (χ1v) is 7.22. The van der Waals surface area contributed by atoms with Crippen molar-refractivity contribution in [1.82, 2.24) is 20.4 Å². The van der Waals surface area contributed by atoms with E-state index in [1.165, 1.54) is 12.8 Å². The van der Waals surface area contributed by atoms with E-state index in [9.17, 15) is 4.79 Å². The molecule has 1 atom stereocenters. The Morgan fingerprint density at radius 2 is 2.47 bits per heavy atom. The number of rotatable bonds is 5. The molecule has 5 heteroatoms. The van der Waals surface area contributed by atoms with E-state index in [4.69, 9.17) is 0 Å². The number of carbonyl (C=O) groups excluding carboxylic acids is 1. The van der Waals surface area contributed by atoms with Gasteiger partial charge in [0.05, 0.1) is 11.3 Å². The zero-order valence-electron chi connectivity index (χ0n) is 11.9. The van der Waals surface area contributed by atoms with Crippen LogP contribution >= 0.6 is 0 Å². The molecule has 19 heavy (non-hydrogen) atoms. The van der Waals surface area contributed by atoms with Gasteiger partial charge in [-0.1, -0.05) is 6.92 Å². The van der Waals surface area contributed by atoms with Crippen molar-refractivity contribution >= 4 is 5.91 Å². The van der Waals surface area contributed by atoms with Crippen LogP contribution in [0.2, 0.25) is 0 Å². The van der Waals surface area contributed by atoms with E-state index in [1.807, 2.05) is 14.0 Å². The molecule has 1 aromatic rings. The van der Waals surface area contributed by atoms with Gasteiger partial charge in [0.1, 0.15) is 0 Å². The third-order valence-corrected chi connectivity index (χ3v) is 3.72. The van der Waals surface area contributed by atoms with Gasteiger partial charge in [0.2, 0.25) is 0 Å². The lowest BCUT2D eigenvalue weighted by Crippen LogP contribution is -2.33. The number of aryl methyl sites for hydroxylation is 2. The molecule has 1 aromatic heterocycles. The van der Waals surface area contributed by atoms with Crippen LogP contribution in [0.5, 0.6) is 0 Å². The number of nitrogens with zero attached hydrogens (tertiary/aromatic N) is 2. The monoisotopic (exact) mass is 264 g/mol. The molecule has 0 spiro atoms. The van der Waals surface area contributed by atoms with Crippen LogP contribution in [0.25, 0.3) is 0 Å².